The molecule has 138 valence electrons. The van der Waals surface area contributed by atoms with Gasteiger partial charge in [0.1, 0.15) is 0 Å². The van der Waals surface area contributed by atoms with E-state index in [-0.39, 0.29) is 0 Å². The van der Waals surface area contributed by atoms with Crippen LogP contribution in [0.25, 0.3) is 0 Å². The van der Waals surface area contributed by atoms with E-state index in [1.165, 1.54) is 0 Å². The first-order chi connectivity index (χ1) is 14.6. The molecule has 0 aliphatic heterocycles. The van der Waals surface area contributed by atoms with Gasteiger partial charge < -0.3 is 0 Å². The lowest BCUT2D eigenvalue weighted by atomic mass is 9.84. The normalized spacial score (nSPS) is 16.3. The van der Waals surface area contributed by atoms with E-state index in [4.69, 9.17) is 0 Å². The molecule has 28 heavy (non-hydrogen) atoms. The molecular weight excluding hydrogens is 340 g/mol. The van der Waals surface area contributed by atoms with Crippen molar-refractivity contribution in [3.8, 4) is 0 Å². The Morgan fingerprint density at radius 3 is 1.29 bits per heavy atom. The second kappa shape index (κ2) is 9.09. The van der Waals surface area contributed by atoms with Gasteiger partial charge in [0.25, 0.3) is 0 Å². The quantitative estimate of drug-likeness (QED) is 0.388. The highest BCUT2D eigenvalue weighted by atomic mass is 14.7. The zero-order valence-corrected chi connectivity index (χ0v) is 15.7. The Bertz CT molecular complexity index is 887. The maximum atomic E-state index is 9.44. The van der Waals surface area contributed by atoms with Crippen molar-refractivity contribution in [2.45, 2.75) is 24.6 Å². The molecule has 2 aromatic carbocycles. The second-order valence-electron chi connectivity index (χ2n) is 6.62. The molecule has 0 fully saturated rings. The highest BCUT2D eigenvalue weighted by molar-refractivity contribution is 5.31. The summed E-state index contributed by atoms with van der Waals surface area (Å²) in [5.41, 5.74) is 3.13. The molecule has 2 unspecified atom stereocenters. The molecule has 2 nitrogen and oxygen atoms in total. The molecule has 0 saturated carbocycles. The van der Waals surface area contributed by atoms with E-state index in [1.54, 1.807) is 12.4 Å². The zero-order chi connectivity index (χ0) is 20.9. The van der Waals surface area contributed by atoms with E-state index in [0.29, 0.717) is 24.2 Å². The van der Waals surface area contributed by atoms with Gasteiger partial charge >= 0.3 is 0 Å². The molecule has 4 rings (SSSR count). The summed E-state index contributed by atoms with van der Waals surface area (Å²) in [6, 6.07) is 30.9. The molecule has 0 spiro atoms. The predicted molar refractivity (Wildman–Crippen MR) is 114 cm³/mol. The van der Waals surface area contributed by atoms with Crippen LogP contribution in [0.15, 0.2) is 109 Å². The van der Waals surface area contributed by atoms with Gasteiger partial charge in [0.05, 0.1) is 0 Å². The summed E-state index contributed by atoms with van der Waals surface area (Å²) >= 11 is 0. The van der Waals surface area contributed by atoms with E-state index >= 15 is 0 Å². The van der Waals surface area contributed by atoms with Gasteiger partial charge in [0.2, 0.25) is 0 Å². The standard InChI is InChI=1S/C26H24N2/c1-3-11-21(12-4-1)23(25-15-7-9-19-27-25)17-18-24(22-13-5-2-6-14-22)26-16-8-10-20-28-26/h1-16,19-20,23-24H,17-18H2/i23D,24D. The van der Waals surface area contributed by atoms with Gasteiger partial charge in [-0.1, -0.05) is 72.8 Å². The van der Waals surface area contributed by atoms with E-state index in [2.05, 4.69) is 9.97 Å². The van der Waals surface area contributed by atoms with Gasteiger partial charge in [-0.2, -0.15) is 0 Å². The fraction of sp³-hybridized carbons (Fsp3) is 0.154. The molecule has 0 amide bonds. The van der Waals surface area contributed by atoms with Crippen LogP contribution in [0.2, 0.25) is 0 Å². The summed E-state index contributed by atoms with van der Waals surface area (Å²) in [4.78, 5) is 9.02. The van der Waals surface area contributed by atoms with Crippen molar-refractivity contribution < 1.29 is 2.74 Å². The minimum atomic E-state index is -1.06. The first-order valence-corrected chi connectivity index (χ1v) is 9.57. The Kier molecular flexibility index (Phi) is 5.12. The average Bonchev–Trinajstić information content (AvgIpc) is 2.84. The number of rotatable bonds is 7. The Morgan fingerprint density at radius 2 is 0.929 bits per heavy atom. The van der Waals surface area contributed by atoms with E-state index in [1.807, 2.05) is 97.1 Å². The van der Waals surface area contributed by atoms with Crippen LogP contribution in [0.1, 0.15) is 49.9 Å². The third-order valence-electron chi connectivity index (χ3n) is 4.82. The largest absolute Gasteiger partial charge is 0.261 e. The number of hydrogen-bond acceptors (Lipinski definition) is 2. The number of nitrogens with zero attached hydrogens (tertiary/aromatic N) is 2. The fourth-order valence-corrected chi connectivity index (χ4v) is 3.45. The van der Waals surface area contributed by atoms with Crippen molar-refractivity contribution in [1.82, 2.24) is 9.97 Å². The summed E-state index contributed by atoms with van der Waals surface area (Å²) in [6.45, 7) is 0. The summed E-state index contributed by atoms with van der Waals surface area (Å²) < 4.78 is 18.9. The van der Waals surface area contributed by atoms with Crippen LogP contribution in [0.4, 0.5) is 0 Å². The van der Waals surface area contributed by atoms with Crippen LogP contribution in [0.3, 0.4) is 0 Å². The Morgan fingerprint density at radius 1 is 0.536 bits per heavy atom. The van der Waals surface area contributed by atoms with Gasteiger partial charge in [-0.3, -0.25) is 9.97 Å². The lowest BCUT2D eigenvalue weighted by Gasteiger charge is -2.22. The van der Waals surface area contributed by atoms with E-state index in [0.717, 1.165) is 11.1 Å². The third kappa shape index (κ3) is 4.34. The summed E-state index contributed by atoms with van der Waals surface area (Å²) in [5, 5.41) is 0. The maximum Gasteiger partial charge on any atom is 0.0478 e. The molecule has 2 aromatic heterocycles. The predicted octanol–water partition coefficient (Wildman–Crippen LogP) is 6.22. The van der Waals surface area contributed by atoms with Crippen LogP contribution < -0.4 is 0 Å². The van der Waals surface area contributed by atoms with Crippen LogP contribution in [-0.4, -0.2) is 9.97 Å². The molecule has 2 atom stereocenters. The van der Waals surface area contributed by atoms with Crippen LogP contribution in [0, 0.1) is 0 Å². The number of aromatic nitrogens is 2. The number of hydrogen-bond donors (Lipinski definition) is 0. The van der Waals surface area contributed by atoms with Crippen molar-refractivity contribution >= 4 is 0 Å². The minimum Gasteiger partial charge on any atom is -0.261 e. The Hall–Kier alpha value is -3.26. The fourth-order valence-electron chi connectivity index (χ4n) is 3.45. The van der Waals surface area contributed by atoms with Crippen LogP contribution in [-0.2, 0) is 0 Å². The van der Waals surface area contributed by atoms with Gasteiger partial charge in [-0.05, 0) is 48.2 Å². The van der Waals surface area contributed by atoms with Crippen molar-refractivity contribution in [3.63, 3.8) is 0 Å². The lowest BCUT2D eigenvalue weighted by Crippen LogP contribution is -2.09. The van der Waals surface area contributed by atoms with Crippen molar-refractivity contribution in [2.24, 2.45) is 0 Å². The molecule has 4 aromatic rings. The highest BCUT2D eigenvalue weighted by Gasteiger charge is 2.21. The molecule has 0 aliphatic carbocycles. The lowest BCUT2D eigenvalue weighted by molar-refractivity contribution is 0.595. The maximum absolute atomic E-state index is 9.44. The smallest absolute Gasteiger partial charge is 0.0478 e. The monoisotopic (exact) mass is 366 g/mol. The Balaban J connectivity index is 1.76. The van der Waals surface area contributed by atoms with E-state index < -0.39 is 11.8 Å². The third-order valence-corrected chi connectivity index (χ3v) is 4.82. The second-order valence-corrected chi connectivity index (χ2v) is 6.62. The van der Waals surface area contributed by atoms with Gasteiger partial charge in [-0.25, -0.2) is 0 Å². The molecule has 0 saturated heterocycles. The average molecular weight is 367 g/mol. The molecule has 0 radical (unpaired) electrons. The summed E-state index contributed by atoms with van der Waals surface area (Å²) in [5.74, 6) is -2.11. The molecule has 0 bridgehead atoms. The molecule has 0 aliphatic rings. The molecule has 0 N–H and O–H groups in total. The summed E-state index contributed by atoms with van der Waals surface area (Å²) in [7, 11) is 0. The van der Waals surface area contributed by atoms with Gasteiger partial charge in [-0.15, -0.1) is 0 Å². The van der Waals surface area contributed by atoms with E-state index in [9.17, 15) is 2.74 Å². The van der Waals surface area contributed by atoms with Gasteiger partial charge in [0, 0.05) is 38.3 Å². The first-order valence-electron chi connectivity index (χ1n) is 10.6. The number of benzene rings is 2. The Labute approximate surface area is 169 Å². The molecule has 2 heterocycles. The zero-order valence-electron chi connectivity index (χ0n) is 17.7. The molecular formula is C26H24N2. The number of pyridine rings is 2. The van der Waals surface area contributed by atoms with Crippen molar-refractivity contribution in [2.75, 3.05) is 0 Å². The first kappa shape index (κ1) is 15.8. The SMILES string of the molecule is [2H]C(CCC([2H])(c1ccccc1)c1ccccn1)(c1ccccc1)c1ccccn1. The van der Waals surface area contributed by atoms with Gasteiger partial charge in [0.15, 0.2) is 0 Å². The highest BCUT2D eigenvalue weighted by Crippen LogP contribution is 2.34. The van der Waals surface area contributed by atoms with Crippen LogP contribution >= 0.6 is 0 Å². The molecule has 2 heteroatoms. The van der Waals surface area contributed by atoms with Crippen molar-refractivity contribution in [3.05, 3.63) is 132 Å². The van der Waals surface area contributed by atoms with Crippen molar-refractivity contribution in [1.29, 1.82) is 0 Å². The minimum absolute atomic E-state index is 0.434. The summed E-state index contributed by atoms with van der Waals surface area (Å²) in [6.07, 6.45) is 4.32. The van der Waals surface area contributed by atoms with Crippen LogP contribution in [0.5, 0.6) is 0 Å². The topological polar surface area (TPSA) is 25.8 Å².